The molecular weight excluding hydrogens is 448 g/mol. The molecule has 0 unspecified atom stereocenters. The van der Waals surface area contributed by atoms with Gasteiger partial charge in [-0.25, -0.2) is 14.5 Å². The number of hydrogen-bond donors (Lipinski definition) is 2. The molecule has 0 radical (unpaired) electrons. The van der Waals surface area contributed by atoms with E-state index in [-0.39, 0.29) is 6.03 Å². The van der Waals surface area contributed by atoms with Crippen LogP contribution >= 0.6 is 0 Å². The number of carbonyl (C=O) groups is 1. The van der Waals surface area contributed by atoms with E-state index in [0.29, 0.717) is 59.4 Å². The number of urea groups is 1. The van der Waals surface area contributed by atoms with Crippen LogP contribution < -0.4 is 24.8 Å². The molecule has 2 amide bonds. The van der Waals surface area contributed by atoms with Crippen molar-refractivity contribution < 1.29 is 19.0 Å². The van der Waals surface area contributed by atoms with Gasteiger partial charge in [-0.15, -0.1) is 0 Å². The van der Waals surface area contributed by atoms with Crippen molar-refractivity contribution in [3.05, 3.63) is 71.8 Å². The first-order valence-corrected chi connectivity index (χ1v) is 11.1. The number of ether oxygens (including phenoxy) is 3. The Morgan fingerprint density at radius 1 is 0.886 bits per heavy atom. The minimum Gasteiger partial charge on any atom is -0.486 e. The normalized spacial score (nSPS) is 12.2. The van der Waals surface area contributed by atoms with Gasteiger partial charge in [0.2, 0.25) is 5.88 Å². The lowest BCUT2D eigenvalue weighted by molar-refractivity contribution is 0.171. The van der Waals surface area contributed by atoms with E-state index in [1.807, 2.05) is 19.9 Å². The number of benzene rings is 2. The second kappa shape index (κ2) is 9.34. The average Bonchev–Trinajstić information content (AvgIpc) is 3.17. The Kier molecular flexibility index (Phi) is 5.92. The molecule has 2 aromatic carbocycles. The number of amides is 2. The summed E-state index contributed by atoms with van der Waals surface area (Å²) in [4.78, 5) is 21.2. The van der Waals surface area contributed by atoms with Crippen LogP contribution in [0, 0.1) is 20.8 Å². The molecule has 10 nitrogen and oxygen atoms in total. The Balaban J connectivity index is 1.23. The number of carbonyl (C=O) groups excluding carboxylic acids is 1. The third-order valence-electron chi connectivity index (χ3n) is 5.16. The summed E-state index contributed by atoms with van der Waals surface area (Å²) in [6.07, 6.45) is 0. The molecule has 3 heterocycles. The first-order chi connectivity index (χ1) is 16.9. The van der Waals surface area contributed by atoms with E-state index in [0.717, 1.165) is 11.4 Å². The van der Waals surface area contributed by atoms with Gasteiger partial charge in [0.15, 0.2) is 17.3 Å². The van der Waals surface area contributed by atoms with E-state index < -0.39 is 0 Å². The lowest BCUT2D eigenvalue weighted by Gasteiger charge is -2.19. The van der Waals surface area contributed by atoms with Crippen molar-refractivity contribution in [2.75, 3.05) is 23.8 Å². The zero-order valence-electron chi connectivity index (χ0n) is 19.5. The number of rotatable bonds is 5. The topological polar surface area (TPSA) is 112 Å². The maximum atomic E-state index is 12.4. The van der Waals surface area contributed by atoms with Gasteiger partial charge >= 0.3 is 6.03 Å². The molecule has 0 aliphatic carbocycles. The summed E-state index contributed by atoms with van der Waals surface area (Å²) in [6, 6.07) is 15.6. The number of aromatic nitrogens is 4. The first kappa shape index (κ1) is 22.2. The molecular formula is C25H24N6O4. The van der Waals surface area contributed by atoms with Crippen molar-refractivity contribution in [3.63, 3.8) is 0 Å². The van der Waals surface area contributed by atoms with Gasteiger partial charge in [-0.2, -0.15) is 10.1 Å². The highest BCUT2D eigenvalue weighted by Gasteiger charge is 2.13. The lowest BCUT2D eigenvalue weighted by Crippen LogP contribution is -2.20. The SMILES string of the molecule is Cc1cc(C)n(-c2cc(Oc3ccc(NC(=O)Nc4ccc5c(c4)OCCO5)cc3)nc(C)n2)n1. The number of fused-ring (bicyclic) bond motifs is 1. The summed E-state index contributed by atoms with van der Waals surface area (Å²) in [7, 11) is 0. The molecule has 0 atom stereocenters. The molecule has 0 saturated carbocycles. The standard InChI is InChI=1S/C25H24N6O4/c1-15-12-16(2)31(30-15)23-14-24(27-17(3)26-23)35-20-7-4-18(5-8-20)28-25(32)29-19-6-9-21-22(13-19)34-11-10-33-21/h4-9,12-14H,10-11H2,1-3H3,(H2,28,29,32). The van der Waals surface area contributed by atoms with Gasteiger partial charge in [0, 0.05) is 29.2 Å². The van der Waals surface area contributed by atoms with Crippen molar-refractivity contribution in [2.24, 2.45) is 0 Å². The van der Waals surface area contributed by atoms with E-state index in [1.165, 1.54) is 0 Å². The molecule has 2 N–H and O–H groups in total. The molecule has 0 saturated heterocycles. The summed E-state index contributed by atoms with van der Waals surface area (Å²) in [5.74, 6) is 3.44. The highest BCUT2D eigenvalue weighted by molar-refractivity contribution is 5.99. The Hall–Kier alpha value is -4.60. The molecule has 35 heavy (non-hydrogen) atoms. The highest BCUT2D eigenvalue weighted by Crippen LogP contribution is 2.32. The minimum absolute atomic E-state index is 0.378. The smallest absolute Gasteiger partial charge is 0.323 e. The first-order valence-electron chi connectivity index (χ1n) is 11.1. The Labute approximate surface area is 201 Å². The van der Waals surface area contributed by atoms with Gasteiger partial charge in [-0.3, -0.25) is 0 Å². The second-order valence-electron chi connectivity index (χ2n) is 8.01. The van der Waals surface area contributed by atoms with Crippen LogP contribution in [0.2, 0.25) is 0 Å². The quantitative estimate of drug-likeness (QED) is 0.429. The molecule has 178 valence electrons. The van der Waals surface area contributed by atoms with Crippen LogP contribution in [0.5, 0.6) is 23.1 Å². The summed E-state index contributed by atoms with van der Waals surface area (Å²) in [6.45, 7) is 6.70. The predicted molar refractivity (Wildman–Crippen MR) is 130 cm³/mol. The number of aryl methyl sites for hydroxylation is 3. The third-order valence-corrected chi connectivity index (χ3v) is 5.16. The number of nitrogens with zero attached hydrogens (tertiary/aromatic N) is 4. The van der Waals surface area contributed by atoms with Crippen LogP contribution in [0.1, 0.15) is 17.2 Å². The fourth-order valence-corrected chi connectivity index (χ4v) is 3.69. The maximum Gasteiger partial charge on any atom is 0.323 e. The largest absolute Gasteiger partial charge is 0.486 e. The van der Waals surface area contributed by atoms with E-state index in [1.54, 1.807) is 60.1 Å². The highest BCUT2D eigenvalue weighted by atomic mass is 16.6. The van der Waals surface area contributed by atoms with Crippen molar-refractivity contribution >= 4 is 17.4 Å². The number of nitrogens with one attached hydrogen (secondary N) is 2. The lowest BCUT2D eigenvalue weighted by atomic mass is 10.2. The summed E-state index contributed by atoms with van der Waals surface area (Å²) in [5.41, 5.74) is 3.08. The fourth-order valence-electron chi connectivity index (χ4n) is 3.69. The van der Waals surface area contributed by atoms with Crippen molar-refractivity contribution in [1.29, 1.82) is 0 Å². The monoisotopic (exact) mass is 472 g/mol. The molecule has 1 aliphatic heterocycles. The van der Waals surface area contributed by atoms with Gasteiger partial charge in [0.05, 0.1) is 5.69 Å². The third kappa shape index (κ3) is 5.16. The van der Waals surface area contributed by atoms with Gasteiger partial charge in [-0.05, 0) is 63.2 Å². The van der Waals surface area contributed by atoms with Crippen LogP contribution in [0.15, 0.2) is 54.6 Å². The van der Waals surface area contributed by atoms with E-state index in [9.17, 15) is 4.79 Å². The number of anilines is 2. The second-order valence-corrected chi connectivity index (χ2v) is 8.01. The number of hydrogen-bond acceptors (Lipinski definition) is 7. The molecule has 2 aromatic heterocycles. The van der Waals surface area contributed by atoms with Gasteiger partial charge in [0.1, 0.15) is 24.8 Å². The molecule has 0 fully saturated rings. The molecule has 10 heteroatoms. The minimum atomic E-state index is -0.378. The zero-order valence-corrected chi connectivity index (χ0v) is 19.5. The summed E-state index contributed by atoms with van der Waals surface area (Å²) >= 11 is 0. The van der Waals surface area contributed by atoms with Crippen LogP contribution in [0.25, 0.3) is 5.82 Å². The average molecular weight is 473 g/mol. The van der Waals surface area contributed by atoms with Gasteiger partial charge < -0.3 is 24.8 Å². The van der Waals surface area contributed by atoms with Crippen molar-refractivity contribution in [1.82, 2.24) is 19.7 Å². The van der Waals surface area contributed by atoms with Crippen LogP contribution in [-0.4, -0.2) is 39.0 Å². The van der Waals surface area contributed by atoms with Crippen LogP contribution in [0.4, 0.5) is 16.2 Å². The molecule has 4 aromatic rings. The molecule has 1 aliphatic rings. The summed E-state index contributed by atoms with van der Waals surface area (Å²) < 4.78 is 18.7. The van der Waals surface area contributed by atoms with E-state index in [4.69, 9.17) is 14.2 Å². The molecule has 0 bridgehead atoms. The van der Waals surface area contributed by atoms with Gasteiger partial charge in [-0.1, -0.05) is 0 Å². The summed E-state index contributed by atoms with van der Waals surface area (Å²) in [5, 5.41) is 10.1. The van der Waals surface area contributed by atoms with Crippen LogP contribution in [-0.2, 0) is 0 Å². The molecule has 0 spiro atoms. The van der Waals surface area contributed by atoms with Gasteiger partial charge in [0.25, 0.3) is 0 Å². The van der Waals surface area contributed by atoms with E-state index >= 15 is 0 Å². The van der Waals surface area contributed by atoms with Crippen molar-refractivity contribution in [2.45, 2.75) is 20.8 Å². The Morgan fingerprint density at radius 2 is 1.60 bits per heavy atom. The van der Waals surface area contributed by atoms with Crippen LogP contribution in [0.3, 0.4) is 0 Å². The van der Waals surface area contributed by atoms with Crippen molar-refractivity contribution in [3.8, 4) is 28.9 Å². The Morgan fingerprint density at radius 3 is 2.34 bits per heavy atom. The molecule has 5 rings (SSSR count). The predicted octanol–water partition coefficient (Wildman–Crippen LogP) is 4.80. The maximum absolute atomic E-state index is 12.4. The Bertz CT molecular complexity index is 1380. The fraction of sp³-hybridized carbons (Fsp3) is 0.200. The zero-order chi connectivity index (χ0) is 24.4. The van der Waals surface area contributed by atoms with E-state index in [2.05, 4.69) is 25.7 Å².